The first-order chi connectivity index (χ1) is 9.06. The first-order valence-corrected chi connectivity index (χ1v) is 8.18. The van der Waals surface area contributed by atoms with Crippen LogP contribution in [0.15, 0.2) is 22.1 Å². The summed E-state index contributed by atoms with van der Waals surface area (Å²) in [6.07, 6.45) is 1.98. The molecule has 0 saturated carbocycles. The maximum Gasteiger partial charge on any atom is 0.0755 e. The molecule has 0 saturated heterocycles. The van der Waals surface area contributed by atoms with Crippen molar-refractivity contribution in [3.05, 3.63) is 38.3 Å². The molecule has 0 bridgehead atoms. The molecule has 0 amide bonds. The van der Waals surface area contributed by atoms with Gasteiger partial charge in [0, 0.05) is 32.5 Å². The van der Waals surface area contributed by atoms with Crippen LogP contribution in [0, 0.1) is 12.8 Å². The van der Waals surface area contributed by atoms with Crippen molar-refractivity contribution in [3.63, 3.8) is 0 Å². The molecule has 0 unspecified atom stereocenters. The van der Waals surface area contributed by atoms with Crippen molar-refractivity contribution in [2.75, 3.05) is 6.54 Å². The normalized spacial score (nSPS) is 11.4. The zero-order valence-corrected chi connectivity index (χ0v) is 14.0. The molecule has 2 aromatic heterocycles. The molecule has 0 aliphatic heterocycles. The zero-order chi connectivity index (χ0) is 13.8. The van der Waals surface area contributed by atoms with Crippen molar-refractivity contribution < 1.29 is 0 Å². The highest BCUT2D eigenvalue weighted by Crippen LogP contribution is 2.21. The molecule has 3 nitrogen and oxygen atoms in total. The summed E-state index contributed by atoms with van der Waals surface area (Å²) in [6.45, 7) is 9.38. The maximum atomic E-state index is 4.49. The maximum absolute atomic E-state index is 4.49. The number of aromatic nitrogens is 2. The number of halogens is 1. The van der Waals surface area contributed by atoms with Crippen LogP contribution in [0.2, 0.25) is 0 Å². The summed E-state index contributed by atoms with van der Waals surface area (Å²) in [7, 11) is 0. The highest BCUT2D eigenvalue weighted by atomic mass is 79.9. The van der Waals surface area contributed by atoms with E-state index in [9.17, 15) is 0 Å². The Morgan fingerprint density at radius 1 is 1.47 bits per heavy atom. The number of rotatable bonds is 6. The Bertz CT molecular complexity index is 531. The van der Waals surface area contributed by atoms with E-state index in [-0.39, 0.29) is 0 Å². The lowest BCUT2D eigenvalue weighted by molar-refractivity contribution is 0.551. The molecule has 1 N–H and O–H groups in total. The number of thiophene rings is 1. The van der Waals surface area contributed by atoms with Crippen LogP contribution in [-0.4, -0.2) is 16.3 Å². The molecule has 0 spiro atoms. The molecule has 19 heavy (non-hydrogen) atoms. The predicted molar refractivity (Wildman–Crippen MR) is 84.6 cm³/mol. The van der Waals surface area contributed by atoms with Crippen molar-refractivity contribution in [3.8, 4) is 0 Å². The minimum atomic E-state index is 0.679. The van der Waals surface area contributed by atoms with Crippen LogP contribution in [0.5, 0.6) is 0 Å². The summed E-state index contributed by atoms with van der Waals surface area (Å²) in [4.78, 5) is 1.32. The van der Waals surface area contributed by atoms with Gasteiger partial charge in [0.2, 0.25) is 0 Å². The average Bonchev–Trinajstić information content (AvgIpc) is 2.89. The topological polar surface area (TPSA) is 29.9 Å². The van der Waals surface area contributed by atoms with Gasteiger partial charge in [-0.15, -0.1) is 11.3 Å². The second-order valence-corrected chi connectivity index (χ2v) is 7.08. The van der Waals surface area contributed by atoms with Crippen LogP contribution < -0.4 is 5.32 Å². The summed E-state index contributed by atoms with van der Waals surface area (Å²) in [6, 6.07) is 2.16. The first kappa shape index (κ1) is 14.8. The predicted octanol–water partition coefficient (Wildman–Crippen LogP) is 3.81. The fourth-order valence-corrected chi connectivity index (χ4v) is 3.33. The molecule has 0 aliphatic rings. The second kappa shape index (κ2) is 6.68. The molecule has 0 aromatic carbocycles. The number of nitrogens with zero attached hydrogens (tertiary/aromatic N) is 2. The van der Waals surface area contributed by atoms with E-state index < -0.39 is 0 Å². The Hall–Kier alpha value is -0.650. The smallest absolute Gasteiger partial charge is 0.0755 e. The van der Waals surface area contributed by atoms with Gasteiger partial charge in [-0.3, -0.25) is 4.68 Å². The molecule has 0 fully saturated rings. The van der Waals surface area contributed by atoms with Crippen LogP contribution in [0.1, 0.15) is 30.0 Å². The van der Waals surface area contributed by atoms with Crippen molar-refractivity contribution >= 4 is 27.3 Å². The van der Waals surface area contributed by atoms with E-state index >= 15 is 0 Å². The van der Waals surface area contributed by atoms with Crippen LogP contribution in [0.25, 0.3) is 0 Å². The van der Waals surface area contributed by atoms with Gasteiger partial charge < -0.3 is 5.32 Å². The molecule has 0 atom stereocenters. The van der Waals surface area contributed by atoms with Gasteiger partial charge in [0.1, 0.15) is 0 Å². The fraction of sp³-hybridized carbons (Fsp3) is 0.500. The van der Waals surface area contributed by atoms with E-state index in [0.717, 1.165) is 24.1 Å². The number of hydrogen-bond donors (Lipinski definition) is 1. The van der Waals surface area contributed by atoms with Crippen LogP contribution in [0.3, 0.4) is 0 Å². The summed E-state index contributed by atoms with van der Waals surface area (Å²) >= 11 is 5.25. The van der Waals surface area contributed by atoms with Crippen molar-refractivity contribution in [2.45, 2.75) is 33.9 Å². The fourth-order valence-electron chi connectivity index (χ4n) is 1.90. The summed E-state index contributed by atoms with van der Waals surface area (Å²) < 4.78 is 3.22. The second-order valence-electron chi connectivity index (χ2n) is 5.17. The van der Waals surface area contributed by atoms with Crippen LogP contribution >= 0.6 is 27.3 Å². The van der Waals surface area contributed by atoms with Gasteiger partial charge in [0.15, 0.2) is 0 Å². The van der Waals surface area contributed by atoms with Crippen LogP contribution in [-0.2, 0) is 13.1 Å². The molecule has 2 rings (SSSR count). The summed E-state index contributed by atoms with van der Waals surface area (Å²) in [5.41, 5.74) is 2.54. The standard InChI is InChI=1S/C14H20BrN3S/c1-10(2)5-16-6-12-7-17-18(11(12)3)8-14-4-13(15)9-19-14/h4,7,9-10,16H,5-6,8H2,1-3H3. The molecular weight excluding hydrogens is 322 g/mol. The third-order valence-corrected chi connectivity index (χ3v) is 4.68. The minimum absolute atomic E-state index is 0.679. The number of nitrogens with one attached hydrogen (secondary N) is 1. The van der Waals surface area contributed by atoms with E-state index in [4.69, 9.17) is 0 Å². The van der Waals surface area contributed by atoms with Crippen molar-refractivity contribution in [1.82, 2.24) is 15.1 Å². The van der Waals surface area contributed by atoms with Gasteiger partial charge in [0.05, 0.1) is 12.7 Å². The molecule has 0 radical (unpaired) electrons. The quantitative estimate of drug-likeness (QED) is 0.865. The minimum Gasteiger partial charge on any atom is -0.312 e. The molecule has 104 valence electrons. The van der Waals surface area contributed by atoms with E-state index in [2.05, 4.69) is 63.2 Å². The highest BCUT2D eigenvalue weighted by molar-refractivity contribution is 9.10. The zero-order valence-electron chi connectivity index (χ0n) is 11.6. The van der Waals surface area contributed by atoms with Crippen molar-refractivity contribution in [1.29, 1.82) is 0 Å². The lowest BCUT2D eigenvalue weighted by atomic mass is 10.2. The monoisotopic (exact) mass is 341 g/mol. The summed E-state index contributed by atoms with van der Waals surface area (Å²) in [5, 5.41) is 10.1. The van der Waals surface area contributed by atoms with Crippen LogP contribution in [0.4, 0.5) is 0 Å². The highest BCUT2D eigenvalue weighted by Gasteiger charge is 2.08. The van der Waals surface area contributed by atoms with Gasteiger partial charge in [-0.25, -0.2) is 0 Å². The van der Waals surface area contributed by atoms with Gasteiger partial charge in [-0.2, -0.15) is 5.10 Å². The third kappa shape index (κ3) is 4.16. The van der Waals surface area contributed by atoms with E-state index in [0.29, 0.717) is 5.92 Å². The molecule has 5 heteroatoms. The van der Waals surface area contributed by atoms with Gasteiger partial charge >= 0.3 is 0 Å². The molecule has 2 heterocycles. The Kier molecular flexibility index (Phi) is 5.19. The largest absolute Gasteiger partial charge is 0.312 e. The SMILES string of the molecule is Cc1c(CNCC(C)C)cnn1Cc1cc(Br)cs1. The summed E-state index contributed by atoms with van der Waals surface area (Å²) in [5.74, 6) is 0.679. The Labute approximate surface area is 127 Å². The lowest BCUT2D eigenvalue weighted by Gasteiger charge is -2.07. The van der Waals surface area contributed by atoms with E-state index in [1.165, 1.54) is 16.1 Å². The lowest BCUT2D eigenvalue weighted by Crippen LogP contribution is -2.19. The van der Waals surface area contributed by atoms with Crippen molar-refractivity contribution in [2.24, 2.45) is 5.92 Å². The van der Waals surface area contributed by atoms with Gasteiger partial charge in [-0.1, -0.05) is 13.8 Å². The number of hydrogen-bond acceptors (Lipinski definition) is 3. The Balaban J connectivity index is 1.97. The Morgan fingerprint density at radius 3 is 2.89 bits per heavy atom. The average molecular weight is 342 g/mol. The molecule has 0 aliphatic carbocycles. The van der Waals surface area contributed by atoms with E-state index in [1.54, 1.807) is 11.3 Å². The molecule has 2 aromatic rings. The Morgan fingerprint density at radius 2 is 2.26 bits per heavy atom. The van der Waals surface area contributed by atoms with Gasteiger partial charge in [0.25, 0.3) is 0 Å². The van der Waals surface area contributed by atoms with Gasteiger partial charge in [-0.05, 0) is 41.4 Å². The first-order valence-electron chi connectivity index (χ1n) is 6.51. The third-order valence-electron chi connectivity index (χ3n) is 3.00. The van der Waals surface area contributed by atoms with E-state index in [1.807, 2.05) is 6.20 Å². The molecular formula is C14H20BrN3S.